The van der Waals surface area contributed by atoms with Gasteiger partial charge < -0.3 is 19.9 Å². The van der Waals surface area contributed by atoms with Gasteiger partial charge in [-0.15, -0.1) is 0 Å². The van der Waals surface area contributed by atoms with Crippen LogP contribution in [0.5, 0.6) is 17.2 Å². The minimum atomic E-state index is -0.463. The van der Waals surface area contributed by atoms with Crippen molar-refractivity contribution in [1.82, 2.24) is 4.98 Å². The van der Waals surface area contributed by atoms with Crippen molar-refractivity contribution in [2.75, 3.05) is 12.4 Å². The Bertz CT molecular complexity index is 948. The number of halogens is 1. The molecule has 0 spiro atoms. The Morgan fingerprint density at radius 1 is 1.22 bits per heavy atom. The number of aromatic hydroxyl groups is 1. The molecule has 1 amide bonds. The topological polar surface area (TPSA) is 80.7 Å². The van der Waals surface area contributed by atoms with E-state index in [2.05, 4.69) is 10.3 Å². The van der Waals surface area contributed by atoms with Crippen LogP contribution in [0.3, 0.4) is 0 Å². The average Bonchev–Trinajstić information content (AvgIpc) is 2.68. The number of nitrogens with one attached hydrogen (secondary N) is 1. The first-order chi connectivity index (χ1) is 13.1. The van der Waals surface area contributed by atoms with E-state index in [1.807, 2.05) is 12.1 Å². The largest absolute Gasteiger partial charge is 0.507 e. The number of carbonyl (C=O) groups excluding carboxylic acids is 1. The molecule has 6 nitrogen and oxygen atoms in total. The third-order valence-electron chi connectivity index (χ3n) is 3.76. The lowest BCUT2D eigenvalue weighted by Gasteiger charge is -2.11. The number of amides is 1. The second-order valence-electron chi connectivity index (χ2n) is 5.63. The zero-order valence-electron chi connectivity index (χ0n) is 14.5. The van der Waals surface area contributed by atoms with E-state index in [0.29, 0.717) is 28.8 Å². The molecule has 138 valence electrons. The number of anilines is 1. The average molecular weight is 385 g/mol. The quantitative estimate of drug-likeness (QED) is 0.663. The molecular formula is C20H17ClN2O4. The molecule has 7 heteroatoms. The highest BCUT2D eigenvalue weighted by Crippen LogP contribution is 2.29. The predicted octanol–water partition coefficient (Wildman–Crippen LogP) is 4.28. The smallest absolute Gasteiger partial charge is 0.259 e. The lowest BCUT2D eigenvalue weighted by molar-refractivity contribution is 0.102. The monoisotopic (exact) mass is 384 g/mol. The van der Waals surface area contributed by atoms with Gasteiger partial charge >= 0.3 is 0 Å². The van der Waals surface area contributed by atoms with Gasteiger partial charge in [-0.1, -0.05) is 17.7 Å². The van der Waals surface area contributed by atoms with Gasteiger partial charge in [-0.2, -0.15) is 0 Å². The van der Waals surface area contributed by atoms with Gasteiger partial charge in [0, 0.05) is 29.7 Å². The van der Waals surface area contributed by atoms with Crippen LogP contribution in [0, 0.1) is 0 Å². The molecule has 0 aliphatic rings. The number of phenolic OH excluding ortho intramolecular Hbond substituents is 1. The Morgan fingerprint density at radius 2 is 2.07 bits per heavy atom. The molecule has 1 aromatic heterocycles. The molecule has 0 atom stereocenters. The Morgan fingerprint density at radius 3 is 2.74 bits per heavy atom. The van der Waals surface area contributed by atoms with Gasteiger partial charge in [-0.25, -0.2) is 0 Å². The van der Waals surface area contributed by atoms with Crippen molar-refractivity contribution in [3.63, 3.8) is 0 Å². The lowest BCUT2D eigenvalue weighted by Crippen LogP contribution is -2.12. The second kappa shape index (κ2) is 8.42. The fourth-order valence-electron chi connectivity index (χ4n) is 2.37. The maximum absolute atomic E-state index is 12.3. The van der Waals surface area contributed by atoms with Gasteiger partial charge in [-0.05, 0) is 36.4 Å². The molecule has 3 aromatic rings. The molecule has 0 unspecified atom stereocenters. The number of hydrogen-bond donors (Lipinski definition) is 2. The number of benzene rings is 2. The van der Waals surface area contributed by atoms with Crippen molar-refractivity contribution in [1.29, 1.82) is 0 Å². The van der Waals surface area contributed by atoms with E-state index in [1.165, 1.54) is 19.2 Å². The zero-order chi connectivity index (χ0) is 19.2. The minimum absolute atomic E-state index is 0.129. The van der Waals surface area contributed by atoms with Crippen molar-refractivity contribution in [3.05, 3.63) is 77.1 Å². The number of carbonyl (C=O) groups is 1. The molecule has 0 saturated heterocycles. The predicted molar refractivity (Wildman–Crippen MR) is 103 cm³/mol. The summed E-state index contributed by atoms with van der Waals surface area (Å²) in [7, 11) is 1.48. The molecule has 27 heavy (non-hydrogen) atoms. The maximum Gasteiger partial charge on any atom is 0.259 e. The minimum Gasteiger partial charge on any atom is -0.507 e. The summed E-state index contributed by atoms with van der Waals surface area (Å²) in [5, 5.41) is 13.0. The number of hydrogen-bond acceptors (Lipinski definition) is 5. The Hall–Kier alpha value is -3.25. The van der Waals surface area contributed by atoms with Crippen LogP contribution in [0.1, 0.15) is 15.9 Å². The molecule has 0 bridgehead atoms. The fraction of sp³-hybridized carbons (Fsp3) is 0.100. The van der Waals surface area contributed by atoms with Crippen LogP contribution < -0.4 is 14.8 Å². The molecule has 0 aliphatic carbocycles. The van der Waals surface area contributed by atoms with Crippen LogP contribution in [-0.2, 0) is 6.61 Å². The third kappa shape index (κ3) is 4.68. The molecule has 2 N–H and O–H groups in total. The molecule has 0 radical (unpaired) electrons. The van der Waals surface area contributed by atoms with Crippen LogP contribution in [0.4, 0.5) is 5.69 Å². The zero-order valence-corrected chi connectivity index (χ0v) is 15.2. The first-order valence-corrected chi connectivity index (χ1v) is 8.44. The summed E-state index contributed by atoms with van der Waals surface area (Å²) in [4.78, 5) is 16.4. The number of nitrogens with zero attached hydrogens (tertiary/aromatic N) is 1. The van der Waals surface area contributed by atoms with E-state index >= 15 is 0 Å². The Labute approximate surface area is 161 Å². The molecule has 1 heterocycles. The van der Waals surface area contributed by atoms with Gasteiger partial charge in [0.1, 0.15) is 23.9 Å². The number of pyridine rings is 1. The van der Waals surface area contributed by atoms with Crippen LogP contribution in [-0.4, -0.2) is 23.1 Å². The number of ether oxygens (including phenoxy) is 2. The Balaban J connectivity index is 1.67. The van der Waals surface area contributed by atoms with Gasteiger partial charge in [0.2, 0.25) is 0 Å². The fourth-order valence-corrected chi connectivity index (χ4v) is 2.60. The van der Waals surface area contributed by atoms with E-state index in [0.717, 1.165) is 5.56 Å². The molecule has 0 aliphatic heterocycles. The van der Waals surface area contributed by atoms with E-state index in [-0.39, 0.29) is 11.3 Å². The molecule has 0 saturated carbocycles. The van der Waals surface area contributed by atoms with Crippen molar-refractivity contribution in [2.45, 2.75) is 6.61 Å². The summed E-state index contributed by atoms with van der Waals surface area (Å²) >= 11 is 6.24. The highest BCUT2D eigenvalue weighted by Gasteiger charge is 2.13. The summed E-state index contributed by atoms with van der Waals surface area (Å²) < 4.78 is 10.7. The molecule has 3 rings (SSSR count). The van der Waals surface area contributed by atoms with Crippen LogP contribution in [0.2, 0.25) is 5.02 Å². The SMILES string of the molecule is COc1ccc(C(=O)Nc2ccc(OCc3cccnc3)c(Cl)c2)c(O)c1. The van der Waals surface area contributed by atoms with E-state index in [9.17, 15) is 9.90 Å². The highest BCUT2D eigenvalue weighted by molar-refractivity contribution is 6.32. The van der Waals surface area contributed by atoms with Gasteiger partial charge in [0.05, 0.1) is 17.7 Å². The van der Waals surface area contributed by atoms with E-state index in [1.54, 1.807) is 36.7 Å². The van der Waals surface area contributed by atoms with Crippen LogP contribution in [0.15, 0.2) is 60.9 Å². The van der Waals surface area contributed by atoms with Gasteiger partial charge in [-0.3, -0.25) is 9.78 Å². The number of phenols is 1. The van der Waals surface area contributed by atoms with Crippen molar-refractivity contribution >= 4 is 23.2 Å². The summed E-state index contributed by atoms with van der Waals surface area (Å²) in [6, 6.07) is 13.1. The first kappa shape index (κ1) is 18.5. The molecule has 2 aromatic carbocycles. The van der Waals surface area contributed by atoms with E-state index < -0.39 is 5.91 Å². The van der Waals surface area contributed by atoms with Crippen LogP contribution in [0.25, 0.3) is 0 Å². The molecule has 0 fully saturated rings. The van der Waals surface area contributed by atoms with Gasteiger partial charge in [0.15, 0.2) is 0 Å². The summed E-state index contributed by atoms with van der Waals surface area (Å²) in [6.45, 7) is 0.332. The van der Waals surface area contributed by atoms with E-state index in [4.69, 9.17) is 21.1 Å². The van der Waals surface area contributed by atoms with Crippen LogP contribution >= 0.6 is 11.6 Å². The second-order valence-corrected chi connectivity index (χ2v) is 6.04. The summed E-state index contributed by atoms with van der Waals surface area (Å²) in [5.74, 6) is 0.317. The standard InChI is InChI=1S/C20H17ClN2O4/c1-26-15-5-6-16(18(24)10-15)20(25)23-14-4-7-19(17(21)9-14)27-12-13-3-2-8-22-11-13/h2-11,24H,12H2,1H3,(H,23,25). The number of methoxy groups -OCH3 is 1. The normalized spacial score (nSPS) is 10.3. The number of rotatable bonds is 6. The van der Waals surface area contributed by atoms with Gasteiger partial charge in [0.25, 0.3) is 5.91 Å². The van der Waals surface area contributed by atoms with Crippen molar-refractivity contribution in [3.8, 4) is 17.2 Å². The summed E-state index contributed by atoms with van der Waals surface area (Å²) in [6.07, 6.45) is 3.40. The third-order valence-corrected chi connectivity index (χ3v) is 4.05. The number of aromatic nitrogens is 1. The lowest BCUT2D eigenvalue weighted by atomic mass is 10.1. The highest BCUT2D eigenvalue weighted by atomic mass is 35.5. The van der Waals surface area contributed by atoms with Crippen molar-refractivity contribution in [2.24, 2.45) is 0 Å². The maximum atomic E-state index is 12.3. The van der Waals surface area contributed by atoms with Crippen molar-refractivity contribution < 1.29 is 19.4 Å². The first-order valence-electron chi connectivity index (χ1n) is 8.06. The Kier molecular flexibility index (Phi) is 5.78. The summed E-state index contributed by atoms with van der Waals surface area (Å²) in [5.41, 5.74) is 1.53. The molecular weight excluding hydrogens is 368 g/mol.